The Kier molecular flexibility index (Phi) is 4.21. The second-order valence-electron chi connectivity index (χ2n) is 7.36. The largest absolute Gasteiger partial charge is 0.372 e. The molecule has 3 nitrogen and oxygen atoms in total. The third kappa shape index (κ3) is 3.53. The summed E-state index contributed by atoms with van der Waals surface area (Å²) in [4.78, 5) is 2.64. The van der Waals surface area contributed by atoms with Crippen molar-refractivity contribution in [2.45, 2.75) is 50.4 Å². The molecule has 3 fully saturated rings. The Hall–Kier alpha value is -0.900. The van der Waals surface area contributed by atoms with Crippen molar-refractivity contribution in [3.8, 4) is 0 Å². The Morgan fingerprint density at radius 2 is 1.91 bits per heavy atom. The molecule has 3 aliphatic rings. The molecular weight excluding hydrogens is 274 g/mol. The van der Waals surface area contributed by atoms with Gasteiger partial charge >= 0.3 is 0 Å². The Bertz CT molecular complexity index is 477. The summed E-state index contributed by atoms with van der Waals surface area (Å²) in [6.07, 6.45) is 6.63. The number of nitrogens with zero attached hydrogens (tertiary/aromatic N) is 1. The van der Waals surface area contributed by atoms with E-state index in [1.807, 2.05) is 6.07 Å². The zero-order valence-electron chi connectivity index (χ0n) is 13.4. The molecule has 2 heterocycles. The average Bonchev–Trinajstić information content (AvgIpc) is 3.29. The van der Waals surface area contributed by atoms with Gasteiger partial charge in [-0.2, -0.15) is 0 Å². The lowest BCUT2D eigenvalue weighted by Crippen LogP contribution is -2.44. The standard InChI is InChI=1S/C19H27NO2/c1-2-4-17(5-3-1)14-21-18-12-19(22-15-18)8-10-20(11-9-19)13-16-6-7-16/h1-5,16,18H,6-15H2/t18-/m1/s1. The first kappa shape index (κ1) is 14.7. The summed E-state index contributed by atoms with van der Waals surface area (Å²) in [7, 11) is 0. The van der Waals surface area contributed by atoms with E-state index >= 15 is 0 Å². The van der Waals surface area contributed by atoms with Gasteiger partial charge in [0, 0.05) is 26.1 Å². The van der Waals surface area contributed by atoms with Gasteiger partial charge in [0.25, 0.3) is 0 Å². The Morgan fingerprint density at radius 1 is 1.14 bits per heavy atom. The van der Waals surface area contributed by atoms with Gasteiger partial charge in [0.05, 0.1) is 24.9 Å². The highest BCUT2D eigenvalue weighted by Gasteiger charge is 2.43. The van der Waals surface area contributed by atoms with E-state index in [0.717, 1.165) is 18.9 Å². The molecule has 1 saturated carbocycles. The van der Waals surface area contributed by atoms with Crippen LogP contribution >= 0.6 is 0 Å². The van der Waals surface area contributed by atoms with Crippen LogP contribution in [0.25, 0.3) is 0 Å². The number of hydrogen-bond acceptors (Lipinski definition) is 3. The first-order valence-corrected chi connectivity index (χ1v) is 8.83. The van der Waals surface area contributed by atoms with Crippen molar-refractivity contribution in [2.75, 3.05) is 26.2 Å². The van der Waals surface area contributed by atoms with Crippen molar-refractivity contribution in [1.82, 2.24) is 4.90 Å². The maximum atomic E-state index is 6.20. The lowest BCUT2D eigenvalue weighted by Gasteiger charge is -2.38. The summed E-state index contributed by atoms with van der Waals surface area (Å²) in [5.41, 5.74) is 1.37. The van der Waals surface area contributed by atoms with Gasteiger partial charge in [-0.3, -0.25) is 0 Å². The number of piperidine rings is 1. The van der Waals surface area contributed by atoms with Gasteiger partial charge in [-0.15, -0.1) is 0 Å². The normalized spacial score (nSPS) is 28.3. The molecule has 120 valence electrons. The van der Waals surface area contributed by atoms with E-state index in [-0.39, 0.29) is 11.7 Å². The van der Waals surface area contributed by atoms with Gasteiger partial charge < -0.3 is 14.4 Å². The second-order valence-corrected chi connectivity index (χ2v) is 7.36. The third-order valence-electron chi connectivity index (χ3n) is 5.48. The van der Waals surface area contributed by atoms with E-state index in [1.54, 1.807) is 0 Å². The molecule has 0 N–H and O–H groups in total. The van der Waals surface area contributed by atoms with Gasteiger partial charge in [-0.1, -0.05) is 30.3 Å². The van der Waals surface area contributed by atoms with Crippen LogP contribution < -0.4 is 0 Å². The van der Waals surface area contributed by atoms with Crippen molar-refractivity contribution in [2.24, 2.45) is 5.92 Å². The summed E-state index contributed by atoms with van der Waals surface area (Å²) < 4.78 is 12.3. The molecule has 1 atom stereocenters. The zero-order chi connectivity index (χ0) is 14.8. The van der Waals surface area contributed by atoms with Crippen LogP contribution in [0.15, 0.2) is 30.3 Å². The average molecular weight is 301 g/mol. The predicted molar refractivity (Wildman–Crippen MR) is 86.7 cm³/mol. The van der Waals surface area contributed by atoms with E-state index in [0.29, 0.717) is 6.61 Å². The Labute approximate surface area is 133 Å². The first-order chi connectivity index (χ1) is 10.8. The molecule has 1 spiro atoms. The minimum Gasteiger partial charge on any atom is -0.372 e. The Balaban J connectivity index is 1.24. The second kappa shape index (κ2) is 6.31. The van der Waals surface area contributed by atoms with Gasteiger partial charge in [0.1, 0.15) is 0 Å². The SMILES string of the molecule is c1ccc(CO[C@H]2COC3(CCN(CC4CC4)CC3)C2)cc1. The molecular formula is C19H27NO2. The number of ether oxygens (including phenoxy) is 2. The Morgan fingerprint density at radius 3 is 2.64 bits per heavy atom. The van der Waals surface area contributed by atoms with Crippen molar-refractivity contribution >= 4 is 0 Å². The lowest BCUT2D eigenvalue weighted by molar-refractivity contribution is -0.0460. The molecule has 4 rings (SSSR count). The minimum atomic E-state index is 0.113. The van der Waals surface area contributed by atoms with Crippen molar-refractivity contribution in [3.05, 3.63) is 35.9 Å². The fourth-order valence-electron chi connectivity index (χ4n) is 3.86. The molecule has 0 unspecified atom stereocenters. The van der Waals surface area contributed by atoms with E-state index in [1.165, 1.54) is 50.9 Å². The highest BCUT2D eigenvalue weighted by atomic mass is 16.6. The van der Waals surface area contributed by atoms with E-state index in [2.05, 4.69) is 29.2 Å². The van der Waals surface area contributed by atoms with Crippen LogP contribution in [0.2, 0.25) is 0 Å². The van der Waals surface area contributed by atoms with Gasteiger partial charge in [-0.25, -0.2) is 0 Å². The maximum absolute atomic E-state index is 6.20. The molecule has 1 aromatic rings. The molecule has 2 aliphatic heterocycles. The van der Waals surface area contributed by atoms with Gasteiger partial charge in [0.15, 0.2) is 0 Å². The van der Waals surface area contributed by atoms with Crippen molar-refractivity contribution in [1.29, 1.82) is 0 Å². The number of likely N-dealkylation sites (tertiary alicyclic amines) is 1. The summed E-state index contributed by atoms with van der Waals surface area (Å²) in [5, 5.41) is 0. The molecule has 0 bridgehead atoms. The zero-order valence-corrected chi connectivity index (χ0v) is 13.4. The molecule has 0 amide bonds. The van der Waals surface area contributed by atoms with Crippen LogP contribution in [0.4, 0.5) is 0 Å². The first-order valence-electron chi connectivity index (χ1n) is 8.83. The van der Waals surface area contributed by atoms with Crippen LogP contribution in [-0.2, 0) is 16.1 Å². The van der Waals surface area contributed by atoms with Crippen molar-refractivity contribution in [3.63, 3.8) is 0 Å². The highest BCUT2D eigenvalue weighted by molar-refractivity contribution is 5.13. The fraction of sp³-hybridized carbons (Fsp3) is 0.684. The van der Waals surface area contributed by atoms with Crippen LogP contribution in [-0.4, -0.2) is 42.8 Å². The van der Waals surface area contributed by atoms with Gasteiger partial charge in [0.2, 0.25) is 0 Å². The highest BCUT2D eigenvalue weighted by Crippen LogP contribution is 2.38. The maximum Gasteiger partial charge on any atom is 0.0840 e. The fourth-order valence-corrected chi connectivity index (χ4v) is 3.86. The van der Waals surface area contributed by atoms with E-state index < -0.39 is 0 Å². The van der Waals surface area contributed by atoms with Crippen LogP contribution in [0.5, 0.6) is 0 Å². The van der Waals surface area contributed by atoms with Gasteiger partial charge in [-0.05, 0) is 37.2 Å². The molecule has 0 radical (unpaired) electrons. The predicted octanol–water partition coefficient (Wildman–Crippen LogP) is 3.24. The molecule has 2 saturated heterocycles. The molecule has 3 heteroatoms. The molecule has 22 heavy (non-hydrogen) atoms. The molecule has 1 aromatic carbocycles. The molecule has 1 aliphatic carbocycles. The summed E-state index contributed by atoms with van der Waals surface area (Å²) in [6.45, 7) is 5.22. The van der Waals surface area contributed by atoms with Crippen LogP contribution in [0.1, 0.15) is 37.7 Å². The lowest BCUT2D eigenvalue weighted by atomic mass is 9.88. The quantitative estimate of drug-likeness (QED) is 0.833. The monoisotopic (exact) mass is 301 g/mol. The third-order valence-corrected chi connectivity index (χ3v) is 5.48. The van der Waals surface area contributed by atoms with Crippen molar-refractivity contribution < 1.29 is 9.47 Å². The molecule has 0 aromatic heterocycles. The summed E-state index contributed by atoms with van der Waals surface area (Å²) >= 11 is 0. The minimum absolute atomic E-state index is 0.113. The smallest absolute Gasteiger partial charge is 0.0840 e. The number of benzene rings is 1. The topological polar surface area (TPSA) is 21.7 Å². The summed E-state index contributed by atoms with van der Waals surface area (Å²) in [5.74, 6) is 1.00. The number of rotatable bonds is 5. The summed E-state index contributed by atoms with van der Waals surface area (Å²) in [6, 6.07) is 10.4. The van der Waals surface area contributed by atoms with Crippen LogP contribution in [0, 0.1) is 5.92 Å². The number of hydrogen-bond donors (Lipinski definition) is 0. The van der Waals surface area contributed by atoms with E-state index in [9.17, 15) is 0 Å². The van der Waals surface area contributed by atoms with Crippen LogP contribution in [0.3, 0.4) is 0 Å². The van der Waals surface area contributed by atoms with E-state index in [4.69, 9.17) is 9.47 Å².